The molecule has 98 valence electrons. The van der Waals surface area contributed by atoms with Gasteiger partial charge < -0.3 is 10.4 Å². The first-order valence-corrected chi connectivity index (χ1v) is 5.84. The zero-order valence-corrected chi connectivity index (χ0v) is 10.1. The molecule has 0 amide bonds. The highest BCUT2D eigenvalue weighted by Crippen LogP contribution is 2.15. The summed E-state index contributed by atoms with van der Waals surface area (Å²) in [6, 6.07) is 10.9. The zero-order chi connectivity index (χ0) is 13.7. The fraction of sp³-hybridized carbons (Fsp3) is 0.143. The van der Waals surface area contributed by atoms with Crippen molar-refractivity contribution in [3.63, 3.8) is 0 Å². The average molecular weight is 260 g/mol. The van der Waals surface area contributed by atoms with Gasteiger partial charge in [-0.2, -0.15) is 0 Å². The number of nitrogens with zero attached hydrogens (tertiary/aromatic N) is 1. The van der Waals surface area contributed by atoms with Gasteiger partial charge in [0, 0.05) is 12.7 Å². The Morgan fingerprint density at radius 3 is 2.68 bits per heavy atom. The molecule has 0 unspecified atom stereocenters. The number of aromatic carboxylic acids is 1. The Labute approximate surface area is 109 Å². The number of aromatic nitrogens is 1. The number of hydrogen-bond acceptors (Lipinski definition) is 3. The van der Waals surface area contributed by atoms with Crippen LogP contribution < -0.4 is 5.32 Å². The maximum atomic E-state index is 13.7. The number of anilines is 1. The number of rotatable bonds is 5. The zero-order valence-electron chi connectivity index (χ0n) is 10.1. The van der Waals surface area contributed by atoms with Crippen LogP contribution in [0.2, 0.25) is 0 Å². The number of carbonyl (C=O) groups is 1. The SMILES string of the molecule is O=C(O)c1ccnc(NCCc2ccccc2)c1F. The molecule has 0 aliphatic rings. The van der Waals surface area contributed by atoms with E-state index in [0.29, 0.717) is 13.0 Å². The van der Waals surface area contributed by atoms with Gasteiger partial charge in [0.2, 0.25) is 0 Å². The van der Waals surface area contributed by atoms with Crippen molar-refractivity contribution in [2.45, 2.75) is 6.42 Å². The first kappa shape index (κ1) is 13.0. The molecule has 2 N–H and O–H groups in total. The van der Waals surface area contributed by atoms with Crippen LogP contribution in [-0.2, 0) is 6.42 Å². The van der Waals surface area contributed by atoms with Gasteiger partial charge in [0.1, 0.15) is 5.56 Å². The molecule has 0 saturated carbocycles. The van der Waals surface area contributed by atoms with Crippen molar-refractivity contribution in [3.05, 3.63) is 59.5 Å². The van der Waals surface area contributed by atoms with Gasteiger partial charge in [-0.05, 0) is 18.1 Å². The van der Waals surface area contributed by atoms with E-state index in [1.807, 2.05) is 30.3 Å². The van der Waals surface area contributed by atoms with Gasteiger partial charge in [-0.25, -0.2) is 14.2 Å². The summed E-state index contributed by atoms with van der Waals surface area (Å²) >= 11 is 0. The lowest BCUT2D eigenvalue weighted by molar-refractivity contribution is 0.0692. The van der Waals surface area contributed by atoms with Crippen LogP contribution in [0.4, 0.5) is 10.2 Å². The molecule has 0 spiro atoms. The van der Waals surface area contributed by atoms with E-state index in [4.69, 9.17) is 5.11 Å². The highest BCUT2D eigenvalue weighted by atomic mass is 19.1. The maximum Gasteiger partial charge on any atom is 0.338 e. The van der Waals surface area contributed by atoms with Gasteiger partial charge in [0.25, 0.3) is 0 Å². The van der Waals surface area contributed by atoms with E-state index >= 15 is 0 Å². The van der Waals surface area contributed by atoms with Crippen LogP contribution in [-0.4, -0.2) is 22.6 Å². The number of hydrogen-bond donors (Lipinski definition) is 2. The quantitative estimate of drug-likeness (QED) is 0.867. The highest BCUT2D eigenvalue weighted by Gasteiger charge is 2.14. The molecule has 1 aromatic carbocycles. The second kappa shape index (κ2) is 5.95. The molecule has 1 aromatic heterocycles. The van der Waals surface area contributed by atoms with Crippen molar-refractivity contribution in [3.8, 4) is 0 Å². The number of carboxylic acid groups (broad SMARTS) is 1. The second-order valence-electron chi connectivity index (χ2n) is 3.99. The Hall–Kier alpha value is -2.43. The molecule has 2 rings (SSSR count). The van der Waals surface area contributed by atoms with Gasteiger partial charge in [-0.3, -0.25) is 0 Å². The van der Waals surface area contributed by atoms with Gasteiger partial charge in [-0.1, -0.05) is 30.3 Å². The summed E-state index contributed by atoms with van der Waals surface area (Å²) in [6.07, 6.45) is 1.98. The average Bonchev–Trinajstić information content (AvgIpc) is 2.41. The van der Waals surface area contributed by atoms with Crippen molar-refractivity contribution in [1.29, 1.82) is 0 Å². The lowest BCUT2D eigenvalue weighted by Gasteiger charge is -2.07. The topological polar surface area (TPSA) is 62.2 Å². The van der Waals surface area contributed by atoms with E-state index in [1.165, 1.54) is 6.20 Å². The van der Waals surface area contributed by atoms with E-state index in [1.54, 1.807) is 0 Å². The Morgan fingerprint density at radius 1 is 1.26 bits per heavy atom. The van der Waals surface area contributed by atoms with Crippen molar-refractivity contribution < 1.29 is 14.3 Å². The van der Waals surface area contributed by atoms with Crippen LogP contribution in [0.3, 0.4) is 0 Å². The first-order chi connectivity index (χ1) is 9.18. The molecular weight excluding hydrogens is 247 g/mol. The second-order valence-corrected chi connectivity index (χ2v) is 3.99. The van der Waals surface area contributed by atoms with Crippen molar-refractivity contribution in [2.24, 2.45) is 0 Å². The summed E-state index contributed by atoms with van der Waals surface area (Å²) < 4.78 is 13.7. The summed E-state index contributed by atoms with van der Waals surface area (Å²) in [5.41, 5.74) is 0.738. The van der Waals surface area contributed by atoms with Gasteiger partial charge in [-0.15, -0.1) is 0 Å². The van der Waals surface area contributed by atoms with Gasteiger partial charge >= 0.3 is 5.97 Å². The molecule has 0 saturated heterocycles. The molecule has 1 heterocycles. The van der Waals surface area contributed by atoms with E-state index in [0.717, 1.165) is 11.6 Å². The van der Waals surface area contributed by atoms with E-state index < -0.39 is 11.8 Å². The molecule has 0 bridgehead atoms. The number of carboxylic acids is 1. The third-order valence-electron chi connectivity index (χ3n) is 2.67. The minimum Gasteiger partial charge on any atom is -0.478 e. The van der Waals surface area contributed by atoms with Gasteiger partial charge in [0.15, 0.2) is 11.6 Å². The van der Waals surface area contributed by atoms with E-state index in [9.17, 15) is 9.18 Å². The van der Waals surface area contributed by atoms with E-state index in [-0.39, 0.29) is 11.4 Å². The molecular formula is C14H13FN2O2. The monoisotopic (exact) mass is 260 g/mol. The highest BCUT2D eigenvalue weighted by molar-refractivity contribution is 5.88. The summed E-state index contributed by atoms with van der Waals surface area (Å²) in [5, 5.41) is 11.6. The number of pyridine rings is 1. The summed E-state index contributed by atoms with van der Waals surface area (Å²) in [5.74, 6) is -2.16. The van der Waals surface area contributed by atoms with Crippen LogP contribution in [0, 0.1) is 5.82 Å². The van der Waals surface area contributed by atoms with Gasteiger partial charge in [0.05, 0.1) is 0 Å². The Kier molecular flexibility index (Phi) is 4.07. The minimum absolute atomic E-state index is 0.0316. The Morgan fingerprint density at radius 2 is 2.00 bits per heavy atom. The predicted molar refractivity (Wildman–Crippen MR) is 69.8 cm³/mol. The van der Waals surface area contributed by atoms with Crippen molar-refractivity contribution in [1.82, 2.24) is 4.98 Å². The maximum absolute atomic E-state index is 13.7. The third-order valence-corrected chi connectivity index (χ3v) is 2.67. The standard InChI is InChI=1S/C14H13FN2O2/c15-12-11(14(18)19)7-9-17-13(12)16-8-6-10-4-2-1-3-5-10/h1-5,7,9H,6,8H2,(H,16,17)(H,18,19). The Bertz CT molecular complexity index is 573. The molecule has 2 aromatic rings. The minimum atomic E-state index is -1.30. The number of benzene rings is 1. The predicted octanol–water partition coefficient (Wildman–Crippen LogP) is 2.57. The molecule has 0 fully saturated rings. The van der Waals surface area contributed by atoms with Crippen molar-refractivity contribution in [2.75, 3.05) is 11.9 Å². The van der Waals surface area contributed by atoms with Crippen molar-refractivity contribution >= 4 is 11.8 Å². The summed E-state index contributed by atoms with van der Waals surface area (Å²) in [4.78, 5) is 14.6. The summed E-state index contributed by atoms with van der Waals surface area (Å²) in [7, 11) is 0. The molecule has 0 aliphatic carbocycles. The lowest BCUT2D eigenvalue weighted by Crippen LogP contribution is -2.11. The molecule has 4 nitrogen and oxygen atoms in total. The molecule has 0 aliphatic heterocycles. The van der Waals surface area contributed by atoms with Crippen LogP contribution in [0.1, 0.15) is 15.9 Å². The fourth-order valence-electron chi connectivity index (χ4n) is 1.70. The molecule has 5 heteroatoms. The van der Waals surface area contributed by atoms with Crippen LogP contribution in [0.5, 0.6) is 0 Å². The van der Waals surface area contributed by atoms with Crippen LogP contribution >= 0.6 is 0 Å². The van der Waals surface area contributed by atoms with Crippen LogP contribution in [0.15, 0.2) is 42.6 Å². The first-order valence-electron chi connectivity index (χ1n) is 5.84. The largest absolute Gasteiger partial charge is 0.478 e. The molecule has 0 atom stereocenters. The third kappa shape index (κ3) is 3.28. The number of halogens is 1. The number of nitrogens with one attached hydrogen (secondary N) is 1. The molecule has 0 radical (unpaired) electrons. The summed E-state index contributed by atoms with van der Waals surface area (Å²) in [6.45, 7) is 0.483. The normalized spacial score (nSPS) is 10.2. The van der Waals surface area contributed by atoms with Crippen LogP contribution in [0.25, 0.3) is 0 Å². The fourth-order valence-corrected chi connectivity index (χ4v) is 1.70. The Balaban J connectivity index is 2.00. The van der Waals surface area contributed by atoms with E-state index in [2.05, 4.69) is 10.3 Å². The molecule has 19 heavy (non-hydrogen) atoms. The lowest BCUT2D eigenvalue weighted by atomic mass is 10.1. The smallest absolute Gasteiger partial charge is 0.338 e.